The van der Waals surface area contributed by atoms with Crippen molar-refractivity contribution in [3.05, 3.63) is 54.4 Å². The van der Waals surface area contributed by atoms with Crippen LogP contribution in [0.25, 0.3) is 11.0 Å². The van der Waals surface area contributed by atoms with Crippen molar-refractivity contribution in [1.82, 2.24) is 24.8 Å². The topological polar surface area (TPSA) is 81.9 Å². The van der Waals surface area contributed by atoms with Crippen LogP contribution in [0.4, 0.5) is 0 Å². The minimum absolute atomic E-state index is 0.0136. The number of para-hydroxylation sites is 2. The molecule has 23 heavy (non-hydrogen) atoms. The fourth-order valence-corrected chi connectivity index (χ4v) is 2.84. The second kappa shape index (κ2) is 5.77. The molecule has 7 heteroatoms. The molecule has 0 spiro atoms. The number of nitrogens with zero attached hydrogens (tertiary/aromatic N) is 4. The summed E-state index contributed by atoms with van der Waals surface area (Å²) in [6, 6.07) is 7.99. The SMILES string of the molecule is O=C(NC[C@H]1COCc2nc3ccccc3n21)c1cncnc1. The van der Waals surface area contributed by atoms with Gasteiger partial charge in [-0.1, -0.05) is 12.1 Å². The van der Waals surface area contributed by atoms with Gasteiger partial charge < -0.3 is 14.6 Å². The van der Waals surface area contributed by atoms with Gasteiger partial charge >= 0.3 is 0 Å². The van der Waals surface area contributed by atoms with E-state index in [2.05, 4.69) is 24.8 Å². The van der Waals surface area contributed by atoms with E-state index in [1.165, 1.54) is 18.7 Å². The first-order valence-electron chi connectivity index (χ1n) is 7.40. The third-order valence-electron chi connectivity index (χ3n) is 3.90. The van der Waals surface area contributed by atoms with Gasteiger partial charge in [-0.25, -0.2) is 15.0 Å². The molecule has 0 saturated carbocycles. The lowest BCUT2D eigenvalue weighted by molar-refractivity contribution is 0.0553. The van der Waals surface area contributed by atoms with Gasteiger partial charge in [0.1, 0.15) is 18.8 Å². The van der Waals surface area contributed by atoms with Gasteiger partial charge in [-0.05, 0) is 12.1 Å². The largest absolute Gasteiger partial charge is 0.371 e. The number of rotatable bonds is 3. The summed E-state index contributed by atoms with van der Waals surface area (Å²) in [5.41, 5.74) is 2.45. The Kier molecular flexibility index (Phi) is 3.47. The lowest BCUT2D eigenvalue weighted by Crippen LogP contribution is -2.35. The smallest absolute Gasteiger partial charge is 0.254 e. The molecular weight excluding hydrogens is 294 g/mol. The molecule has 0 bridgehead atoms. The van der Waals surface area contributed by atoms with Gasteiger partial charge in [-0.2, -0.15) is 0 Å². The molecule has 7 nitrogen and oxygen atoms in total. The zero-order valence-corrected chi connectivity index (χ0v) is 12.3. The standard InChI is InChI=1S/C16H15N5O2/c22-16(11-5-17-10-18-6-11)19-7-12-8-23-9-15-20-13-3-1-2-4-14(13)21(12)15/h1-6,10,12H,7-9H2,(H,19,22)/t12-/m0/s1. The van der Waals surface area contributed by atoms with Crippen LogP contribution in [0.1, 0.15) is 22.2 Å². The van der Waals surface area contributed by atoms with Crippen molar-refractivity contribution >= 4 is 16.9 Å². The summed E-state index contributed by atoms with van der Waals surface area (Å²) in [5.74, 6) is 0.696. The van der Waals surface area contributed by atoms with E-state index >= 15 is 0 Å². The van der Waals surface area contributed by atoms with Crippen molar-refractivity contribution in [2.45, 2.75) is 12.6 Å². The fraction of sp³-hybridized carbons (Fsp3) is 0.250. The van der Waals surface area contributed by atoms with E-state index in [-0.39, 0.29) is 11.9 Å². The number of fused-ring (bicyclic) bond motifs is 3. The third-order valence-corrected chi connectivity index (χ3v) is 3.90. The minimum atomic E-state index is -0.192. The molecule has 1 aliphatic heterocycles. The average Bonchev–Trinajstić information content (AvgIpc) is 2.99. The molecule has 116 valence electrons. The second-order valence-corrected chi connectivity index (χ2v) is 5.39. The molecule has 3 aromatic rings. The predicted molar refractivity (Wildman–Crippen MR) is 82.8 cm³/mol. The molecule has 1 aromatic carbocycles. The van der Waals surface area contributed by atoms with E-state index < -0.39 is 0 Å². The Balaban J connectivity index is 1.56. The quantitative estimate of drug-likeness (QED) is 0.789. The summed E-state index contributed by atoms with van der Waals surface area (Å²) >= 11 is 0. The summed E-state index contributed by atoms with van der Waals surface area (Å²) in [6.07, 6.45) is 4.39. The number of ether oxygens (including phenoxy) is 1. The normalized spacial score (nSPS) is 17.0. The van der Waals surface area contributed by atoms with Gasteiger partial charge in [-0.15, -0.1) is 0 Å². The maximum absolute atomic E-state index is 12.1. The summed E-state index contributed by atoms with van der Waals surface area (Å²) in [7, 11) is 0. The van der Waals surface area contributed by atoms with Crippen LogP contribution in [0.15, 0.2) is 43.0 Å². The van der Waals surface area contributed by atoms with Crippen LogP contribution in [0.2, 0.25) is 0 Å². The molecule has 2 aromatic heterocycles. The Morgan fingerprint density at radius 3 is 3.00 bits per heavy atom. The van der Waals surface area contributed by atoms with Gasteiger partial charge in [0.25, 0.3) is 5.91 Å². The van der Waals surface area contributed by atoms with E-state index in [0.717, 1.165) is 16.9 Å². The fourth-order valence-electron chi connectivity index (χ4n) is 2.84. The van der Waals surface area contributed by atoms with Crippen LogP contribution < -0.4 is 5.32 Å². The molecule has 3 heterocycles. The number of nitrogens with one attached hydrogen (secondary N) is 1. The number of carbonyl (C=O) groups excluding carboxylic acids is 1. The average molecular weight is 309 g/mol. The minimum Gasteiger partial charge on any atom is -0.371 e. The Bertz CT molecular complexity index is 846. The monoisotopic (exact) mass is 309 g/mol. The Labute approximate surface area is 132 Å². The zero-order chi connectivity index (χ0) is 15.6. The number of imidazole rings is 1. The van der Waals surface area contributed by atoms with E-state index in [1.54, 1.807) is 0 Å². The van der Waals surface area contributed by atoms with Gasteiger partial charge in [0.2, 0.25) is 0 Å². The molecule has 0 saturated heterocycles. The maximum atomic E-state index is 12.1. The molecule has 0 radical (unpaired) electrons. The molecule has 0 fully saturated rings. The highest BCUT2D eigenvalue weighted by Gasteiger charge is 2.24. The van der Waals surface area contributed by atoms with Crippen LogP contribution >= 0.6 is 0 Å². The molecule has 0 aliphatic carbocycles. The highest BCUT2D eigenvalue weighted by atomic mass is 16.5. The van der Waals surface area contributed by atoms with Crippen LogP contribution in [0.3, 0.4) is 0 Å². The van der Waals surface area contributed by atoms with Crippen molar-refractivity contribution in [3.8, 4) is 0 Å². The second-order valence-electron chi connectivity index (χ2n) is 5.39. The van der Waals surface area contributed by atoms with Crippen LogP contribution in [0.5, 0.6) is 0 Å². The van der Waals surface area contributed by atoms with Gasteiger partial charge in [0, 0.05) is 18.9 Å². The molecule has 1 aliphatic rings. The van der Waals surface area contributed by atoms with Gasteiger partial charge in [0.15, 0.2) is 0 Å². The van der Waals surface area contributed by atoms with Gasteiger partial charge in [0.05, 0.1) is 29.2 Å². The first kappa shape index (κ1) is 13.8. The maximum Gasteiger partial charge on any atom is 0.254 e. The Morgan fingerprint density at radius 1 is 1.30 bits per heavy atom. The number of hydrogen-bond acceptors (Lipinski definition) is 5. The van der Waals surface area contributed by atoms with Crippen molar-refractivity contribution in [2.24, 2.45) is 0 Å². The van der Waals surface area contributed by atoms with E-state index in [4.69, 9.17) is 4.74 Å². The summed E-state index contributed by atoms with van der Waals surface area (Å²) in [6.45, 7) is 1.49. The lowest BCUT2D eigenvalue weighted by atomic mass is 10.2. The first-order chi connectivity index (χ1) is 11.3. The first-order valence-corrected chi connectivity index (χ1v) is 7.40. The number of amides is 1. The molecule has 1 N–H and O–H groups in total. The van der Waals surface area contributed by atoms with Crippen molar-refractivity contribution in [3.63, 3.8) is 0 Å². The number of aromatic nitrogens is 4. The van der Waals surface area contributed by atoms with E-state index in [0.29, 0.717) is 25.3 Å². The van der Waals surface area contributed by atoms with Crippen LogP contribution in [-0.2, 0) is 11.3 Å². The molecule has 1 atom stereocenters. The predicted octanol–water partition coefficient (Wildman–Crippen LogP) is 1.33. The number of benzene rings is 1. The summed E-state index contributed by atoms with van der Waals surface area (Å²) < 4.78 is 7.77. The van der Waals surface area contributed by atoms with E-state index in [9.17, 15) is 4.79 Å². The van der Waals surface area contributed by atoms with Crippen molar-refractivity contribution in [1.29, 1.82) is 0 Å². The summed E-state index contributed by atoms with van der Waals surface area (Å²) in [5, 5.41) is 2.92. The van der Waals surface area contributed by atoms with Crippen molar-refractivity contribution < 1.29 is 9.53 Å². The molecular formula is C16H15N5O2. The van der Waals surface area contributed by atoms with Crippen molar-refractivity contribution in [2.75, 3.05) is 13.2 Å². The third kappa shape index (κ3) is 2.55. The van der Waals surface area contributed by atoms with Crippen LogP contribution in [0, 0.1) is 0 Å². The zero-order valence-electron chi connectivity index (χ0n) is 12.3. The molecule has 4 rings (SSSR count). The molecule has 1 amide bonds. The van der Waals surface area contributed by atoms with Crippen LogP contribution in [-0.4, -0.2) is 38.6 Å². The Hall–Kier alpha value is -2.80. The van der Waals surface area contributed by atoms with E-state index in [1.807, 2.05) is 24.3 Å². The number of carbonyl (C=O) groups is 1. The highest BCUT2D eigenvalue weighted by Crippen LogP contribution is 2.25. The number of hydrogen-bond donors (Lipinski definition) is 1. The lowest BCUT2D eigenvalue weighted by Gasteiger charge is -2.26. The van der Waals surface area contributed by atoms with Gasteiger partial charge in [-0.3, -0.25) is 4.79 Å². The molecule has 0 unspecified atom stereocenters. The Morgan fingerprint density at radius 2 is 2.13 bits per heavy atom. The highest BCUT2D eigenvalue weighted by molar-refractivity contribution is 5.93. The summed E-state index contributed by atoms with van der Waals surface area (Å²) in [4.78, 5) is 24.5.